The van der Waals surface area contributed by atoms with E-state index in [1.165, 1.54) is 176 Å². The maximum Gasteiger partial charge on any atom is 0.228 e. The summed E-state index contributed by atoms with van der Waals surface area (Å²) >= 11 is 0. The molecule has 2 nitrogen and oxygen atoms in total. The van der Waals surface area contributed by atoms with Crippen LogP contribution in [-0.2, 0) is 0 Å². The van der Waals surface area contributed by atoms with Crippen molar-refractivity contribution in [3.05, 3.63) is 364 Å². The fourth-order valence-electron chi connectivity index (χ4n) is 15.3. The Hall–Kier alpha value is -11.5. The number of allylic oxidation sites excluding steroid dienone is 4. The van der Waals surface area contributed by atoms with Crippen LogP contribution in [0.25, 0.3) is 131 Å². The minimum Gasteiger partial charge on any atom is -0.436 e. The Labute approximate surface area is 501 Å². The lowest BCUT2D eigenvalue weighted by Gasteiger charge is -2.17. The van der Waals surface area contributed by atoms with Gasteiger partial charge in [-0.05, 0) is 189 Å². The molecule has 0 spiro atoms. The summed E-state index contributed by atoms with van der Waals surface area (Å²) < 4.78 is 6.51. The van der Waals surface area contributed by atoms with Crippen LogP contribution >= 0.6 is 0 Å². The monoisotopic (exact) mass is 1100 g/mol. The van der Waals surface area contributed by atoms with Gasteiger partial charge in [-0.2, -0.15) is 0 Å². The van der Waals surface area contributed by atoms with Gasteiger partial charge in [-0.25, -0.2) is 4.98 Å². The molecule has 4 aliphatic carbocycles. The van der Waals surface area contributed by atoms with Gasteiger partial charge < -0.3 is 4.42 Å². The minimum absolute atomic E-state index is 0.672. The number of para-hydroxylation sites is 2. The summed E-state index contributed by atoms with van der Waals surface area (Å²) in [7, 11) is 0. The molecule has 0 saturated carbocycles. The summed E-state index contributed by atoms with van der Waals surface area (Å²) in [5, 5.41) is 17.8. The molecule has 2 heteroatoms. The maximum atomic E-state index is 6.51. The highest BCUT2D eigenvalue weighted by molar-refractivity contribution is 6.42. The Bertz CT molecular complexity index is 5830. The lowest BCUT2D eigenvalue weighted by molar-refractivity contribution is 0.585. The van der Waals surface area contributed by atoms with Crippen molar-refractivity contribution in [1.82, 2.24) is 4.98 Å². The normalized spacial score (nSPS) is 13.8. The Kier molecular flexibility index (Phi) is 10.2. The van der Waals surface area contributed by atoms with E-state index in [0.717, 1.165) is 16.7 Å². The van der Waals surface area contributed by atoms with E-state index in [2.05, 4.69) is 273 Å². The molecule has 0 amide bonds. The fraction of sp³-hybridized carbons (Fsp3) is 0. The van der Waals surface area contributed by atoms with Gasteiger partial charge in [0.05, 0.1) is 5.57 Å². The molecule has 0 aliphatic heterocycles. The molecule has 0 unspecified atom stereocenters. The third-order valence-electron chi connectivity index (χ3n) is 18.9. The van der Waals surface area contributed by atoms with Gasteiger partial charge in [0, 0.05) is 11.1 Å². The van der Waals surface area contributed by atoms with Crippen LogP contribution in [0.2, 0.25) is 0 Å². The van der Waals surface area contributed by atoms with Gasteiger partial charge in [0.25, 0.3) is 0 Å². The topological polar surface area (TPSA) is 26.0 Å². The van der Waals surface area contributed by atoms with E-state index in [4.69, 9.17) is 9.40 Å². The van der Waals surface area contributed by atoms with Gasteiger partial charge in [-0.1, -0.05) is 273 Å². The Morgan fingerprint density at radius 2 is 0.575 bits per heavy atom. The number of fused-ring (bicyclic) bond motifs is 22. The van der Waals surface area contributed by atoms with Crippen molar-refractivity contribution < 1.29 is 4.42 Å². The van der Waals surface area contributed by atoms with Gasteiger partial charge in [0.15, 0.2) is 5.58 Å². The number of oxazole rings is 1. The molecule has 4 aliphatic rings. The number of benzene rings is 15. The largest absolute Gasteiger partial charge is 0.436 e. The fourth-order valence-corrected chi connectivity index (χ4v) is 15.3. The average molecular weight is 1100 g/mol. The van der Waals surface area contributed by atoms with Gasteiger partial charge in [-0.15, -0.1) is 0 Å². The maximum absolute atomic E-state index is 6.51. The van der Waals surface area contributed by atoms with E-state index in [0.29, 0.717) is 5.89 Å². The second-order valence-corrected chi connectivity index (χ2v) is 23.4. The highest BCUT2D eigenvalue weighted by atomic mass is 16.3. The van der Waals surface area contributed by atoms with Crippen molar-refractivity contribution in [3.63, 3.8) is 0 Å². The first-order valence-electron chi connectivity index (χ1n) is 30.1. The van der Waals surface area contributed by atoms with Gasteiger partial charge in [0.1, 0.15) is 5.52 Å². The van der Waals surface area contributed by atoms with Gasteiger partial charge >= 0.3 is 0 Å². The molecule has 0 N–H and O–H groups in total. The SMILES string of the molecule is c1ccc(C2=C3C(=C(c4nc5ccccc5o4)c4ccc5ccccc5c43)c3c2ccc2ccccc32)cc1.c1ccc2cc3c(C4=C5C(=C(c6cccc7ccccc67)c6ccc7ccccc7c65)c5c4ccc4ccccc54)cccc3cc2c1. The predicted molar refractivity (Wildman–Crippen MR) is 365 cm³/mol. The van der Waals surface area contributed by atoms with E-state index in [-0.39, 0.29) is 0 Å². The molecular weight excluding hydrogens is 1050 g/mol. The zero-order chi connectivity index (χ0) is 56.8. The predicted octanol–water partition coefficient (Wildman–Crippen LogP) is 22.1. The van der Waals surface area contributed by atoms with Crippen molar-refractivity contribution in [1.29, 1.82) is 0 Å². The molecule has 0 fully saturated rings. The van der Waals surface area contributed by atoms with Crippen LogP contribution in [0.5, 0.6) is 0 Å². The molecule has 0 atom stereocenters. The highest BCUT2D eigenvalue weighted by Gasteiger charge is 2.42. The van der Waals surface area contributed by atoms with Crippen LogP contribution in [0.3, 0.4) is 0 Å². The molecule has 87 heavy (non-hydrogen) atoms. The number of aromatic nitrogens is 1. The number of nitrogens with zero attached hydrogens (tertiary/aromatic N) is 1. The smallest absolute Gasteiger partial charge is 0.228 e. The molecule has 400 valence electrons. The summed E-state index contributed by atoms with van der Waals surface area (Å²) in [6.07, 6.45) is 0. The quantitative estimate of drug-likeness (QED) is 0.164. The van der Waals surface area contributed by atoms with E-state index >= 15 is 0 Å². The summed E-state index contributed by atoms with van der Waals surface area (Å²) in [4.78, 5) is 5.04. The van der Waals surface area contributed by atoms with Crippen LogP contribution < -0.4 is 0 Å². The summed E-state index contributed by atoms with van der Waals surface area (Å²) in [5.74, 6) is 0.672. The number of hydrogen-bond donors (Lipinski definition) is 0. The lowest BCUT2D eigenvalue weighted by Crippen LogP contribution is -1.95. The first-order chi connectivity index (χ1) is 43.2. The minimum atomic E-state index is 0.672. The zero-order valence-corrected chi connectivity index (χ0v) is 47.1. The average Bonchev–Trinajstić information content (AvgIpc) is 1.68. The third-order valence-corrected chi connectivity index (χ3v) is 18.9. The van der Waals surface area contributed by atoms with Crippen molar-refractivity contribution >= 4 is 131 Å². The third kappa shape index (κ3) is 6.95. The molecule has 20 rings (SSSR count). The molecular formula is C85H49NO. The highest BCUT2D eigenvalue weighted by Crippen LogP contribution is 2.63. The molecule has 15 aromatic carbocycles. The Morgan fingerprint density at radius 1 is 0.207 bits per heavy atom. The van der Waals surface area contributed by atoms with Crippen molar-refractivity contribution in [2.75, 3.05) is 0 Å². The van der Waals surface area contributed by atoms with Crippen LogP contribution in [0.1, 0.15) is 67.1 Å². The summed E-state index contributed by atoms with van der Waals surface area (Å²) in [6, 6.07) is 109. The van der Waals surface area contributed by atoms with Crippen molar-refractivity contribution in [3.8, 4) is 0 Å². The van der Waals surface area contributed by atoms with E-state index in [1.807, 2.05) is 24.3 Å². The molecule has 1 aromatic heterocycles. The van der Waals surface area contributed by atoms with Crippen molar-refractivity contribution in [2.45, 2.75) is 0 Å². The van der Waals surface area contributed by atoms with E-state index in [9.17, 15) is 0 Å². The van der Waals surface area contributed by atoms with Crippen LogP contribution in [0.4, 0.5) is 0 Å². The van der Waals surface area contributed by atoms with E-state index < -0.39 is 0 Å². The number of rotatable bonds is 4. The second kappa shape index (κ2) is 18.5. The van der Waals surface area contributed by atoms with Crippen LogP contribution in [-0.4, -0.2) is 4.98 Å². The molecule has 0 radical (unpaired) electrons. The first kappa shape index (κ1) is 48.0. The van der Waals surface area contributed by atoms with Crippen molar-refractivity contribution in [2.24, 2.45) is 0 Å². The zero-order valence-electron chi connectivity index (χ0n) is 47.1. The summed E-state index contributed by atoms with van der Waals surface area (Å²) in [6.45, 7) is 0. The van der Waals surface area contributed by atoms with Crippen LogP contribution in [0.15, 0.2) is 302 Å². The standard InChI is InChI=1S/C48H28.C37H21NO/c1-2-15-33-28-42-34(27-32(33)14-1)17-10-22-39(42)46-41-26-24-31-13-5-8-20-37(31)44(41)47-45(38-21-9-16-29-11-3-6-18-35(29)38)40-25-23-30-12-4-7-19-36(30)43(40)48(46)47;1-2-12-24(13-3-1)31-27-20-18-22-10-4-6-14-25(22)32(27)36-34(37-38-29-16-8-9-17-30(29)39-37)28-21-19-23-11-5-7-15-26(23)33(28)35(31)36/h1-28H;1-21H. The van der Waals surface area contributed by atoms with Gasteiger partial charge in [0.2, 0.25) is 5.89 Å². The van der Waals surface area contributed by atoms with Gasteiger partial charge in [-0.3, -0.25) is 0 Å². The second-order valence-electron chi connectivity index (χ2n) is 23.4. The first-order valence-corrected chi connectivity index (χ1v) is 30.1. The lowest BCUT2D eigenvalue weighted by atomic mass is 9.86. The molecule has 1 heterocycles. The molecule has 0 saturated heterocycles. The molecule has 0 bridgehead atoms. The summed E-state index contributed by atoms with van der Waals surface area (Å²) in [5.41, 5.74) is 26.0. The molecule has 16 aromatic rings. The number of hydrogen-bond acceptors (Lipinski definition) is 2. The van der Waals surface area contributed by atoms with Crippen LogP contribution in [0, 0.1) is 0 Å². The van der Waals surface area contributed by atoms with E-state index in [1.54, 1.807) is 0 Å². The Morgan fingerprint density at radius 3 is 1.10 bits per heavy atom. The Balaban J connectivity index is 0.000000129.